The van der Waals surface area contributed by atoms with E-state index >= 15 is 0 Å². The normalized spacial score (nSPS) is 9.00. The van der Waals surface area contributed by atoms with Crippen LogP contribution in [0.1, 0.15) is 0 Å². The summed E-state index contributed by atoms with van der Waals surface area (Å²) in [4.78, 5) is 19.6. The molecule has 0 bridgehead atoms. The van der Waals surface area contributed by atoms with Crippen LogP contribution in [0.4, 0.5) is 0 Å². The zero-order chi connectivity index (χ0) is 7.28. The molecule has 1 N–H and O–H groups in total. The second-order valence-corrected chi connectivity index (χ2v) is 1.66. The molecule has 0 amide bonds. The molecule has 0 aromatic carbocycles. The first-order valence-electron chi connectivity index (χ1n) is 2.11. The Morgan fingerprint density at radius 1 is 1.44 bits per heavy atom. The highest BCUT2D eigenvalue weighted by Gasteiger charge is 1.98. The summed E-state index contributed by atoms with van der Waals surface area (Å²) in [7, 11) is 0. The number of carboxylic acids is 1. The number of carbonyl (C=O) groups excluding carboxylic acids is 1. The van der Waals surface area contributed by atoms with Gasteiger partial charge in [0.2, 0.25) is 5.24 Å². The van der Waals surface area contributed by atoms with Crippen LogP contribution < -0.4 is 0 Å². The maximum Gasteiger partial charge on any atom is 0.329 e. The first-order chi connectivity index (χ1) is 4.13. The van der Waals surface area contributed by atoms with Crippen molar-refractivity contribution in [3.8, 4) is 0 Å². The van der Waals surface area contributed by atoms with Gasteiger partial charge in [0.05, 0.1) is 0 Å². The van der Waals surface area contributed by atoms with E-state index in [0.29, 0.717) is 0 Å². The minimum atomic E-state index is -1.12. The van der Waals surface area contributed by atoms with E-state index in [9.17, 15) is 9.59 Å². The molecule has 0 rings (SSSR count). The van der Waals surface area contributed by atoms with Gasteiger partial charge in [-0.3, -0.25) is 4.79 Å². The first kappa shape index (κ1) is 8.39. The molecule has 0 aliphatic heterocycles. The predicted molar refractivity (Wildman–Crippen MR) is 29.3 cm³/mol. The van der Waals surface area contributed by atoms with Crippen molar-refractivity contribution in [3.05, 3.63) is 0 Å². The monoisotopic (exact) mass is 152 g/mol. The summed E-state index contributed by atoms with van der Waals surface area (Å²) in [5.41, 5.74) is 0. The third-order valence-corrected chi connectivity index (χ3v) is 0.550. The van der Waals surface area contributed by atoms with Crippen molar-refractivity contribution >= 4 is 22.8 Å². The van der Waals surface area contributed by atoms with E-state index in [-0.39, 0.29) is 6.61 Å². The van der Waals surface area contributed by atoms with Gasteiger partial charge in [-0.15, -0.1) is 0 Å². The van der Waals surface area contributed by atoms with Crippen LogP contribution in [-0.2, 0) is 14.3 Å². The Labute approximate surface area is 56.4 Å². The molecule has 0 saturated heterocycles. The lowest BCUT2D eigenvalue weighted by Crippen LogP contribution is -2.10. The molecule has 0 fully saturated rings. The van der Waals surface area contributed by atoms with E-state index in [1.807, 2.05) is 0 Å². The van der Waals surface area contributed by atoms with Crippen molar-refractivity contribution in [2.75, 3.05) is 13.2 Å². The molecule has 9 heavy (non-hydrogen) atoms. The second-order valence-electron chi connectivity index (χ2n) is 1.24. The molecule has 0 aromatic heterocycles. The summed E-state index contributed by atoms with van der Waals surface area (Å²) in [6, 6.07) is 0. The van der Waals surface area contributed by atoms with Gasteiger partial charge in [-0.05, 0) is 11.6 Å². The Balaban J connectivity index is 3.10. The number of carbonyl (C=O) groups is 2. The topological polar surface area (TPSA) is 63.6 Å². The third-order valence-electron chi connectivity index (χ3n) is 0.441. The van der Waals surface area contributed by atoms with E-state index in [2.05, 4.69) is 4.74 Å². The molecule has 0 saturated carbocycles. The number of rotatable bonds is 4. The average Bonchev–Trinajstić information content (AvgIpc) is 1.63. The van der Waals surface area contributed by atoms with Crippen LogP contribution in [-0.4, -0.2) is 29.5 Å². The molecule has 0 radical (unpaired) electrons. The highest BCUT2D eigenvalue weighted by molar-refractivity contribution is 6.63. The zero-order valence-corrected chi connectivity index (χ0v) is 5.22. The van der Waals surface area contributed by atoms with Crippen molar-refractivity contribution in [3.63, 3.8) is 0 Å². The summed E-state index contributed by atoms with van der Waals surface area (Å²) >= 11 is 4.80. The highest BCUT2D eigenvalue weighted by atomic mass is 35.5. The maximum atomic E-state index is 9.87. The van der Waals surface area contributed by atoms with E-state index in [0.717, 1.165) is 0 Å². The summed E-state index contributed by atoms with van der Waals surface area (Å²) in [5.74, 6) is -1.12. The number of halogens is 1. The van der Waals surface area contributed by atoms with Gasteiger partial charge >= 0.3 is 5.97 Å². The first-order valence-corrected chi connectivity index (χ1v) is 2.48. The SMILES string of the molecule is O=C(O)COCC(=O)Cl. The van der Waals surface area contributed by atoms with Gasteiger partial charge in [0.25, 0.3) is 0 Å². The number of ether oxygens (including phenoxy) is 1. The summed E-state index contributed by atoms with van der Waals surface area (Å²) in [5, 5.41) is 7.25. The zero-order valence-electron chi connectivity index (χ0n) is 4.46. The largest absolute Gasteiger partial charge is 0.480 e. The second kappa shape index (κ2) is 4.29. The Morgan fingerprint density at radius 2 is 2.00 bits per heavy atom. The predicted octanol–water partition coefficient (Wildman–Crippen LogP) is -0.147. The van der Waals surface area contributed by atoms with Crippen LogP contribution in [0.15, 0.2) is 0 Å². The average molecular weight is 153 g/mol. The molecule has 0 atom stereocenters. The Bertz CT molecular complexity index is 108. The molecular formula is C4H5ClO4. The molecule has 0 spiro atoms. The molecule has 0 aromatic rings. The lowest BCUT2D eigenvalue weighted by Gasteiger charge is -1.92. The highest BCUT2D eigenvalue weighted by Crippen LogP contribution is 1.81. The fourth-order valence-electron chi connectivity index (χ4n) is 0.219. The van der Waals surface area contributed by atoms with Gasteiger partial charge < -0.3 is 9.84 Å². The fraction of sp³-hybridized carbons (Fsp3) is 0.500. The molecular weight excluding hydrogens is 147 g/mol. The van der Waals surface area contributed by atoms with Crippen molar-refractivity contribution in [1.82, 2.24) is 0 Å². The molecule has 0 aliphatic carbocycles. The molecule has 4 nitrogen and oxygen atoms in total. The van der Waals surface area contributed by atoms with Gasteiger partial charge in [-0.1, -0.05) is 0 Å². The Hall–Kier alpha value is -0.610. The fourth-order valence-corrected chi connectivity index (χ4v) is 0.296. The van der Waals surface area contributed by atoms with Gasteiger partial charge in [-0.25, -0.2) is 4.79 Å². The van der Waals surface area contributed by atoms with E-state index < -0.39 is 17.8 Å². The van der Waals surface area contributed by atoms with Crippen LogP contribution in [0.25, 0.3) is 0 Å². The number of hydrogen-bond acceptors (Lipinski definition) is 3. The van der Waals surface area contributed by atoms with E-state index in [1.54, 1.807) is 0 Å². The number of hydrogen-bond donors (Lipinski definition) is 1. The van der Waals surface area contributed by atoms with Gasteiger partial charge in [-0.2, -0.15) is 0 Å². The molecule has 52 valence electrons. The van der Waals surface area contributed by atoms with Gasteiger partial charge in [0.15, 0.2) is 0 Å². The van der Waals surface area contributed by atoms with Gasteiger partial charge in [0, 0.05) is 0 Å². The van der Waals surface area contributed by atoms with Crippen LogP contribution >= 0.6 is 11.6 Å². The maximum absolute atomic E-state index is 9.87. The summed E-state index contributed by atoms with van der Waals surface area (Å²) < 4.78 is 4.28. The van der Waals surface area contributed by atoms with Gasteiger partial charge in [0.1, 0.15) is 13.2 Å². The summed E-state index contributed by atoms with van der Waals surface area (Å²) in [6.45, 7) is -0.841. The smallest absolute Gasteiger partial charge is 0.329 e. The quantitative estimate of drug-likeness (QED) is 0.570. The lowest BCUT2D eigenvalue weighted by molar-refractivity contribution is -0.142. The molecule has 5 heteroatoms. The van der Waals surface area contributed by atoms with Crippen molar-refractivity contribution < 1.29 is 19.4 Å². The third kappa shape index (κ3) is 7.39. The number of carboxylic acid groups (broad SMARTS) is 1. The van der Waals surface area contributed by atoms with Crippen molar-refractivity contribution in [1.29, 1.82) is 0 Å². The molecule has 0 heterocycles. The Kier molecular flexibility index (Phi) is 4.00. The lowest BCUT2D eigenvalue weighted by atomic mass is 10.7. The minimum Gasteiger partial charge on any atom is -0.480 e. The van der Waals surface area contributed by atoms with Crippen LogP contribution in [0.2, 0.25) is 0 Å². The minimum absolute atomic E-state index is 0.353. The van der Waals surface area contributed by atoms with Crippen LogP contribution in [0.5, 0.6) is 0 Å². The molecule has 0 aliphatic rings. The van der Waals surface area contributed by atoms with Crippen molar-refractivity contribution in [2.45, 2.75) is 0 Å². The van der Waals surface area contributed by atoms with Crippen molar-refractivity contribution in [2.24, 2.45) is 0 Å². The standard InChI is InChI=1S/C4H5ClO4/c5-3(6)1-9-2-4(7)8/h1-2H2,(H,7,8). The van der Waals surface area contributed by atoms with Crippen LogP contribution in [0, 0.1) is 0 Å². The molecule has 0 unspecified atom stereocenters. The van der Waals surface area contributed by atoms with Crippen LogP contribution in [0.3, 0.4) is 0 Å². The summed E-state index contributed by atoms with van der Waals surface area (Å²) in [6.07, 6.45) is 0. The van der Waals surface area contributed by atoms with E-state index in [4.69, 9.17) is 16.7 Å². The Morgan fingerprint density at radius 3 is 2.33 bits per heavy atom. The van der Waals surface area contributed by atoms with E-state index in [1.165, 1.54) is 0 Å². The number of aliphatic carboxylic acids is 1.